The predicted molar refractivity (Wildman–Crippen MR) is 65.5 cm³/mol. The highest BCUT2D eigenvalue weighted by molar-refractivity contribution is 6.39. The summed E-state index contributed by atoms with van der Waals surface area (Å²) in [6, 6.07) is 0. The molecular weight excluding hydrogens is 212 g/mol. The molecule has 0 saturated heterocycles. The molecule has 3 rings (SSSR count). The highest BCUT2D eigenvalue weighted by Gasteiger charge is 2.50. The van der Waals surface area contributed by atoms with Crippen molar-refractivity contribution >= 4 is 11.6 Å². The first kappa shape index (κ1) is 11.4. The zero-order valence-electron chi connectivity index (χ0n) is 10.7. The lowest BCUT2D eigenvalue weighted by molar-refractivity contribution is -0.152. The zero-order valence-corrected chi connectivity index (χ0v) is 10.7. The second kappa shape index (κ2) is 4.22. The smallest absolute Gasteiger partial charge is 0.202 e. The summed E-state index contributed by atoms with van der Waals surface area (Å²) in [6.45, 7) is 2.22. The maximum atomic E-state index is 12.2. The lowest BCUT2D eigenvalue weighted by atomic mass is 9.56. The van der Waals surface area contributed by atoms with Crippen molar-refractivity contribution in [3.8, 4) is 0 Å². The average Bonchev–Trinajstić information content (AvgIpc) is 2.36. The minimum atomic E-state index is -0.00954. The Kier molecular flexibility index (Phi) is 2.84. The summed E-state index contributed by atoms with van der Waals surface area (Å²) in [5.74, 6) is 1.90. The van der Waals surface area contributed by atoms with Crippen LogP contribution >= 0.6 is 0 Å². The molecule has 0 radical (unpaired) electrons. The molecule has 0 aliphatic heterocycles. The van der Waals surface area contributed by atoms with Crippen molar-refractivity contribution in [3.05, 3.63) is 0 Å². The Balaban J connectivity index is 1.89. The van der Waals surface area contributed by atoms with Crippen LogP contribution in [0.25, 0.3) is 0 Å². The van der Waals surface area contributed by atoms with Crippen LogP contribution in [0.15, 0.2) is 0 Å². The van der Waals surface area contributed by atoms with E-state index in [1.807, 2.05) is 0 Å². The van der Waals surface area contributed by atoms with Gasteiger partial charge in [-0.1, -0.05) is 26.2 Å². The van der Waals surface area contributed by atoms with Crippen LogP contribution in [-0.4, -0.2) is 11.6 Å². The fourth-order valence-corrected chi connectivity index (χ4v) is 4.58. The Bertz CT molecular complexity index is 347. The van der Waals surface area contributed by atoms with Gasteiger partial charge in [-0.05, 0) is 43.4 Å². The molecule has 3 aliphatic rings. The van der Waals surface area contributed by atoms with Gasteiger partial charge in [-0.2, -0.15) is 0 Å². The van der Waals surface area contributed by atoms with Gasteiger partial charge in [-0.15, -0.1) is 0 Å². The first-order valence-electron chi connectivity index (χ1n) is 7.26. The van der Waals surface area contributed by atoms with Crippen molar-refractivity contribution < 1.29 is 9.59 Å². The Morgan fingerprint density at radius 1 is 0.824 bits per heavy atom. The van der Waals surface area contributed by atoms with Gasteiger partial charge in [0.1, 0.15) is 0 Å². The molecule has 0 amide bonds. The quantitative estimate of drug-likeness (QED) is 0.604. The van der Waals surface area contributed by atoms with Crippen molar-refractivity contribution in [2.75, 3.05) is 0 Å². The molecule has 3 saturated carbocycles. The van der Waals surface area contributed by atoms with Crippen LogP contribution < -0.4 is 0 Å². The van der Waals surface area contributed by atoms with E-state index < -0.39 is 0 Å². The molecule has 5 atom stereocenters. The van der Waals surface area contributed by atoms with Gasteiger partial charge in [-0.25, -0.2) is 0 Å². The van der Waals surface area contributed by atoms with Crippen molar-refractivity contribution in [2.24, 2.45) is 29.6 Å². The summed E-state index contributed by atoms with van der Waals surface area (Å²) < 4.78 is 0. The van der Waals surface area contributed by atoms with Crippen LogP contribution in [0.3, 0.4) is 0 Å². The summed E-state index contributed by atoms with van der Waals surface area (Å²) in [4.78, 5) is 24.4. The van der Waals surface area contributed by atoms with E-state index in [4.69, 9.17) is 0 Å². The van der Waals surface area contributed by atoms with Gasteiger partial charge in [-0.3, -0.25) is 9.59 Å². The Morgan fingerprint density at radius 2 is 1.47 bits per heavy atom. The van der Waals surface area contributed by atoms with Crippen molar-refractivity contribution in [2.45, 2.75) is 51.9 Å². The number of hydrogen-bond donors (Lipinski definition) is 0. The molecule has 0 aromatic heterocycles. The van der Waals surface area contributed by atoms with Crippen LogP contribution in [0.4, 0.5) is 0 Å². The summed E-state index contributed by atoms with van der Waals surface area (Å²) in [7, 11) is 0. The van der Waals surface area contributed by atoms with Crippen LogP contribution in [-0.2, 0) is 9.59 Å². The third kappa shape index (κ3) is 1.76. The average molecular weight is 234 g/mol. The van der Waals surface area contributed by atoms with E-state index in [-0.39, 0.29) is 23.4 Å². The largest absolute Gasteiger partial charge is 0.291 e. The highest BCUT2D eigenvalue weighted by Crippen LogP contribution is 2.49. The van der Waals surface area contributed by atoms with Crippen molar-refractivity contribution in [3.63, 3.8) is 0 Å². The molecule has 2 heteroatoms. The third-order valence-corrected chi connectivity index (χ3v) is 5.45. The Morgan fingerprint density at radius 3 is 2.29 bits per heavy atom. The molecule has 0 N–H and O–H groups in total. The van der Waals surface area contributed by atoms with E-state index >= 15 is 0 Å². The lowest BCUT2D eigenvalue weighted by Crippen LogP contribution is -2.50. The number of fused-ring (bicyclic) bond motifs is 3. The third-order valence-electron chi connectivity index (χ3n) is 5.45. The maximum absolute atomic E-state index is 12.2. The molecular formula is C15H22O2. The number of ketones is 2. The topological polar surface area (TPSA) is 34.1 Å². The number of hydrogen-bond acceptors (Lipinski definition) is 2. The molecule has 3 fully saturated rings. The molecule has 0 bridgehead atoms. The zero-order chi connectivity index (χ0) is 12.0. The second-order valence-electron chi connectivity index (χ2n) is 6.47. The van der Waals surface area contributed by atoms with E-state index in [0.29, 0.717) is 17.8 Å². The minimum Gasteiger partial charge on any atom is -0.291 e. The number of carbonyl (C=O) groups excluding carboxylic acids is 2. The molecule has 94 valence electrons. The van der Waals surface area contributed by atoms with E-state index in [1.54, 1.807) is 0 Å². The lowest BCUT2D eigenvalue weighted by Gasteiger charge is -2.47. The van der Waals surface area contributed by atoms with Gasteiger partial charge in [0.25, 0.3) is 0 Å². The molecule has 0 aromatic rings. The molecule has 0 aromatic carbocycles. The monoisotopic (exact) mass is 234 g/mol. The number of rotatable bonds is 0. The van der Waals surface area contributed by atoms with Gasteiger partial charge in [0.15, 0.2) is 0 Å². The minimum absolute atomic E-state index is 0.00921. The normalized spacial score (nSPS) is 46.3. The second-order valence-corrected chi connectivity index (χ2v) is 6.47. The van der Waals surface area contributed by atoms with Crippen LogP contribution in [0.1, 0.15) is 51.9 Å². The van der Waals surface area contributed by atoms with E-state index in [9.17, 15) is 9.59 Å². The fourth-order valence-electron chi connectivity index (χ4n) is 4.58. The van der Waals surface area contributed by atoms with Crippen molar-refractivity contribution in [1.29, 1.82) is 0 Å². The van der Waals surface area contributed by atoms with Crippen LogP contribution in [0, 0.1) is 29.6 Å². The first-order chi connectivity index (χ1) is 8.18. The Hall–Kier alpha value is -0.660. The first-order valence-corrected chi connectivity index (χ1v) is 7.26. The standard InChI is InChI=1S/C15H22O2/c1-9-6-7-11-10-4-2-3-5-12(10)14(16)15(17)13(11)8-9/h9-13H,2-8H2,1H3. The fraction of sp³-hybridized carbons (Fsp3) is 0.867. The molecule has 3 aliphatic carbocycles. The summed E-state index contributed by atoms with van der Waals surface area (Å²) in [6.07, 6.45) is 8.00. The molecule has 0 spiro atoms. The number of carbonyl (C=O) groups is 2. The Labute approximate surface area is 103 Å². The highest BCUT2D eigenvalue weighted by atomic mass is 16.2. The van der Waals surface area contributed by atoms with Crippen molar-refractivity contribution in [1.82, 2.24) is 0 Å². The summed E-state index contributed by atoms with van der Waals surface area (Å²) in [5.41, 5.74) is 0. The van der Waals surface area contributed by atoms with Gasteiger partial charge in [0.2, 0.25) is 11.6 Å². The summed E-state index contributed by atoms with van der Waals surface area (Å²) in [5, 5.41) is 0. The SMILES string of the molecule is CC1CCC2C(C1)C(=O)C(=O)C1CCCCC12. The molecule has 0 heterocycles. The van der Waals surface area contributed by atoms with E-state index in [1.165, 1.54) is 25.7 Å². The van der Waals surface area contributed by atoms with E-state index in [2.05, 4.69) is 6.92 Å². The van der Waals surface area contributed by atoms with Gasteiger partial charge >= 0.3 is 0 Å². The maximum Gasteiger partial charge on any atom is 0.202 e. The van der Waals surface area contributed by atoms with Gasteiger partial charge < -0.3 is 0 Å². The molecule has 17 heavy (non-hydrogen) atoms. The molecule has 5 unspecified atom stereocenters. The number of Topliss-reactive ketones (excluding diaryl/α,β-unsaturated/α-hetero) is 2. The predicted octanol–water partition coefficient (Wildman–Crippen LogP) is 3.00. The van der Waals surface area contributed by atoms with Crippen LogP contribution in [0.5, 0.6) is 0 Å². The van der Waals surface area contributed by atoms with Gasteiger partial charge in [0.05, 0.1) is 0 Å². The molecule has 2 nitrogen and oxygen atoms in total. The summed E-state index contributed by atoms with van der Waals surface area (Å²) >= 11 is 0. The van der Waals surface area contributed by atoms with Gasteiger partial charge in [0, 0.05) is 11.8 Å². The van der Waals surface area contributed by atoms with Crippen LogP contribution in [0.2, 0.25) is 0 Å². The van der Waals surface area contributed by atoms with E-state index in [0.717, 1.165) is 19.3 Å².